The summed E-state index contributed by atoms with van der Waals surface area (Å²) in [5, 5.41) is 8.69. The van der Waals surface area contributed by atoms with Gasteiger partial charge in [0.2, 0.25) is 0 Å². The lowest BCUT2D eigenvalue weighted by atomic mass is 9.95. The smallest absolute Gasteiger partial charge is 0.303 e. The maximum Gasteiger partial charge on any atom is 0.303 e. The van der Waals surface area contributed by atoms with Crippen molar-refractivity contribution in [3.8, 4) is 0 Å². The largest absolute Gasteiger partial charge is 0.481 e. The van der Waals surface area contributed by atoms with E-state index in [0.29, 0.717) is 10.7 Å². The average molecular weight is 304 g/mol. The number of hydrogen-bond donors (Lipinski definition) is 2. The Kier molecular flexibility index (Phi) is 6.32. The molecule has 2 rings (SSSR count). The highest BCUT2D eigenvalue weighted by Crippen LogP contribution is 2.33. The molecule has 1 heterocycles. The van der Waals surface area contributed by atoms with Gasteiger partial charge in [0.05, 0.1) is 6.67 Å². The van der Waals surface area contributed by atoms with Crippen molar-refractivity contribution in [3.63, 3.8) is 0 Å². The number of carboxylic acids is 1. The second kappa shape index (κ2) is 7.76. The number of nitrogens with zero attached hydrogens (tertiary/aromatic N) is 2. The van der Waals surface area contributed by atoms with Gasteiger partial charge in [0.25, 0.3) is 0 Å². The number of carbonyl (C=O) groups is 1. The lowest BCUT2D eigenvalue weighted by Gasteiger charge is -2.44. The Labute approximate surface area is 125 Å². The van der Waals surface area contributed by atoms with Crippen LogP contribution in [-0.2, 0) is 4.79 Å². The summed E-state index contributed by atoms with van der Waals surface area (Å²) in [7, 11) is 0. The van der Waals surface area contributed by atoms with Gasteiger partial charge < -0.3 is 5.11 Å². The van der Waals surface area contributed by atoms with Crippen molar-refractivity contribution in [3.05, 3.63) is 0 Å². The Morgan fingerprint density at radius 3 is 2.74 bits per heavy atom. The van der Waals surface area contributed by atoms with Crippen LogP contribution >= 0.6 is 24.4 Å². The first-order valence-electron chi connectivity index (χ1n) is 7.16. The van der Waals surface area contributed by atoms with Gasteiger partial charge >= 0.3 is 5.97 Å². The normalized spacial score (nSPS) is 27.5. The van der Waals surface area contributed by atoms with E-state index in [4.69, 9.17) is 17.7 Å². The topological polar surface area (TPSA) is 43.8 Å². The molecule has 1 saturated carbocycles. The number of thioether (sulfide) groups is 1. The molecule has 1 aliphatic heterocycles. The zero-order valence-corrected chi connectivity index (χ0v) is 13.0. The fourth-order valence-electron chi connectivity index (χ4n) is 2.91. The number of rotatable bonds is 5. The van der Waals surface area contributed by atoms with Gasteiger partial charge in [0.1, 0.15) is 4.71 Å². The predicted octanol–water partition coefficient (Wildman–Crippen LogP) is 2.66. The SMILES string of the molecule is O=C(O)CCCN1CSC(S)N(C2CCCCC2)C1. The summed E-state index contributed by atoms with van der Waals surface area (Å²) in [5.41, 5.74) is 0. The van der Waals surface area contributed by atoms with Crippen LogP contribution in [0.3, 0.4) is 0 Å². The Morgan fingerprint density at radius 1 is 1.32 bits per heavy atom. The number of carboxylic acid groups (broad SMARTS) is 1. The van der Waals surface area contributed by atoms with Crippen LogP contribution in [0.25, 0.3) is 0 Å². The predicted molar refractivity (Wildman–Crippen MR) is 82.4 cm³/mol. The maximum absolute atomic E-state index is 10.6. The molecule has 110 valence electrons. The minimum atomic E-state index is -0.694. The molecular weight excluding hydrogens is 280 g/mol. The van der Waals surface area contributed by atoms with E-state index in [1.54, 1.807) is 0 Å². The molecule has 1 unspecified atom stereocenters. The molecule has 2 aliphatic rings. The van der Waals surface area contributed by atoms with Gasteiger partial charge in [-0.25, -0.2) is 0 Å². The highest BCUT2D eigenvalue weighted by Gasteiger charge is 2.31. The Hall–Kier alpha value is 0.0900. The van der Waals surface area contributed by atoms with Crippen molar-refractivity contribution in [1.82, 2.24) is 9.80 Å². The lowest BCUT2D eigenvalue weighted by molar-refractivity contribution is -0.137. The average Bonchev–Trinajstić information content (AvgIpc) is 2.41. The summed E-state index contributed by atoms with van der Waals surface area (Å²) >= 11 is 6.55. The van der Waals surface area contributed by atoms with Crippen molar-refractivity contribution >= 4 is 30.4 Å². The second-order valence-electron chi connectivity index (χ2n) is 5.46. The van der Waals surface area contributed by atoms with Gasteiger partial charge in [0.15, 0.2) is 0 Å². The first-order valence-corrected chi connectivity index (χ1v) is 8.73. The van der Waals surface area contributed by atoms with Gasteiger partial charge in [-0.15, -0.1) is 24.4 Å². The molecule has 1 aliphatic carbocycles. The quantitative estimate of drug-likeness (QED) is 0.765. The minimum absolute atomic E-state index is 0.273. The summed E-state index contributed by atoms with van der Waals surface area (Å²) in [5.74, 6) is 0.276. The van der Waals surface area contributed by atoms with Crippen LogP contribution < -0.4 is 0 Å². The number of hydrogen-bond acceptors (Lipinski definition) is 5. The van der Waals surface area contributed by atoms with E-state index in [-0.39, 0.29) is 6.42 Å². The van der Waals surface area contributed by atoms with Crippen LogP contribution in [0.4, 0.5) is 0 Å². The monoisotopic (exact) mass is 304 g/mol. The third-order valence-corrected chi connectivity index (χ3v) is 5.79. The van der Waals surface area contributed by atoms with Crippen molar-refractivity contribution in [2.75, 3.05) is 19.1 Å². The molecule has 19 heavy (non-hydrogen) atoms. The van der Waals surface area contributed by atoms with Gasteiger partial charge in [-0.2, -0.15) is 0 Å². The first-order chi connectivity index (χ1) is 9.16. The summed E-state index contributed by atoms with van der Waals surface area (Å²) < 4.78 is 0.304. The van der Waals surface area contributed by atoms with Crippen LogP contribution in [0.2, 0.25) is 0 Å². The Balaban J connectivity index is 1.79. The molecule has 6 heteroatoms. The van der Waals surface area contributed by atoms with E-state index in [9.17, 15) is 4.79 Å². The molecule has 0 spiro atoms. The van der Waals surface area contributed by atoms with Gasteiger partial charge in [-0.05, 0) is 19.3 Å². The number of aliphatic carboxylic acids is 1. The molecule has 1 atom stereocenters. The molecule has 1 N–H and O–H groups in total. The van der Waals surface area contributed by atoms with Crippen molar-refractivity contribution in [2.45, 2.75) is 55.7 Å². The second-order valence-corrected chi connectivity index (χ2v) is 7.34. The van der Waals surface area contributed by atoms with Crippen LogP contribution in [0.5, 0.6) is 0 Å². The van der Waals surface area contributed by atoms with E-state index in [0.717, 1.165) is 25.5 Å². The molecule has 0 radical (unpaired) electrons. The lowest BCUT2D eigenvalue weighted by Crippen LogP contribution is -2.51. The van der Waals surface area contributed by atoms with E-state index in [1.165, 1.54) is 32.1 Å². The molecule has 4 nitrogen and oxygen atoms in total. The molecule has 0 aromatic heterocycles. The highest BCUT2D eigenvalue weighted by molar-refractivity contribution is 8.10. The van der Waals surface area contributed by atoms with Crippen LogP contribution in [0.1, 0.15) is 44.9 Å². The summed E-state index contributed by atoms with van der Waals surface area (Å²) in [6.45, 7) is 1.83. The third-order valence-electron chi connectivity index (χ3n) is 3.96. The third kappa shape index (κ3) is 4.85. The van der Waals surface area contributed by atoms with E-state index >= 15 is 0 Å². The molecule has 0 bridgehead atoms. The molecular formula is C13H24N2O2S2. The van der Waals surface area contributed by atoms with Crippen molar-refractivity contribution in [1.29, 1.82) is 0 Å². The highest BCUT2D eigenvalue weighted by atomic mass is 32.2. The van der Waals surface area contributed by atoms with Crippen molar-refractivity contribution < 1.29 is 9.90 Å². The first kappa shape index (κ1) is 15.5. The van der Waals surface area contributed by atoms with E-state index in [2.05, 4.69) is 9.80 Å². The summed E-state index contributed by atoms with van der Waals surface area (Å²) in [6.07, 6.45) is 7.65. The molecule has 2 fully saturated rings. The molecule has 0 amide bonds. The van der Waals surface area contributed by atoms with Crippen LogP contribution in [-0.4, -0.2) is 50.7 Å². The van der Waals surface area contributed by atoms with Gasteiger partial charge in [-0.1, -0.05) is 19.3 Å². The van der Waals surface area contributed by atoms with Gasteiger partial charge in [-0.3, -0.25) is 14.6 Å². The zero-order valence-electron chi connectivity index (χ0n) is 11.3. The summed E-state index contributed by atoms with van der Waals surface area (Å²) in [6, 6.07) is 0.672. The van der Waals surface area contributed by atoms with Crippen LogP contribution in [0, 0.1) is 0 Å². The van der Waals surface area contributed by atoms with E-state index < -0.39 is 5.97 Å². The Bertz CT molecular complexity index is 298. The number of thiol groups is 1. The fourth-order valence-corrected chi connectivity index (χ4v) is 4.35. The molecule has 0 aromatic rings. The van der Waals surface area contributed by atoms with Crippen LogP contribution in [0.15, 0.2) is 0 Å². The Morgan fingerprint density at radius 2 is 2.05 bits per heavy atom. The standard InChI is InChI=1S/C13H24N2O2S2/c16-12(17)7-4-8-14-9-15(13(18)19-10-14)11-5-2-1-3-6-11/h11,13,18H,1-10H2,(H,16,17). The minimum Gasteiger partial charge on any atom is -0.481 e. The fraction of sp³-hybridized carbons (Fsp3) is 0.923. The zero-order chi connectivity index (χ0) is 13.7. The summed E-state index contributed by atoms with van der Waals surface area (Å²) in [4.78, 5) is 15.4. The van der Waals surface area contributed by atoms with Gasteiger partial charge in [0, 0.05) is 24.9 Å². The maximum atomic E-state index is 10.6. The van der Waals surface area contributed by atoms with Crippen molar-refractivity contribution in [2.24, 2.45) is 0 Å². The molecule has 0 aromatic carbocycles. The molecule has 1 saturated heterocycles. The van der Waals surface area contributed by atoms with E-state index in [1.807, 2.05) is 11.8 Å².